The Hall–Kier alpha value is -3.55. The lowest BCUT2D eigenvalue weighted by Crippen LogP contribution is -2.62. The molecule has 10 N–H and O–H groups in total. The molecular formula is C28H33O16+. The quantitative estimate of drug-likeness (QED) is 0.128. The largest absolute Gasteiger partial charge is 0.507 e. The van der Waals surface area contributed by atoms with Crippen molar-refractivity contribution < 1.29 is 79.2 Å². The van der Waals surface area contributed by atoms with Crippen molar-refractivity contribution >= 4 is 11.0 Å². The van der Waals surface area contributed by atoms with Crippen molar-refractivity contribution in [3.8, 4) is 40.1 Å². The number of phenolic OH excluding ortho intramolecular Hbond substituents is 3. The average Bonchev–Trinajstić information content (AvgIpc) is 3.00. The number of aliphatic hydroxyl groups excluding tert-OH is 7. The molecule has 0 bridgehead atoms. The number of aliphatic hydroxyl groups is 7. The van der Waals surface area contributed by atoms with E-state index in [0.29, 0.717) is 0 Å². The van der Waals surface area contributed by atoms with Gasteiger partial charge in [0.05, 0.1) is 32.0 Å². The van der Waals surface area contributed by atoms with Crippen molar-refractivity contribution in [2.45, 2.75) is 61.4 Å². The maximum absolute atomic E-state index is 10.7. The second-order valence-electron chi connectivity index (χ2n) is 10.4. The van der Waals surface area contributed by atoms with E-state index in [1.54, 1.807) is 0 Å². The standard InChI is InChI=1S/C28H32O16/c1-39-16-4-10(2-3-13(16)31)26-17(7-12-14(32)5-11(30)6-15(12)41-26)42-28-25(38)23(36)21(34)19(44-28)9-40-27-24(37)22(35)20(33)18(8-29)43-27/h2-7,18-25,27-29,33-38H,8-9H2,1H3,(H2-,30,31,32)/p+1/t18?,19?,20-,21-,22?,23?,24?,25?,27-,28-/m1/s1. The molecule has 0 spiro atoms. The normalized spacial score (nSPS) is 32.5. The van der Waals surface area contributed by atoms with Gasteiger partial charge in [-0.25, -0.2) is 4.42 Å². The van der Waals surface area contributed by atoms with Crippen LogP contribution in [0, 0.1) is 0 Å². The van der Waals surface area contributed by atoms with Crippen LogP contribution in [0.25, 0.3) is 22.3 Å². The van der Waals surface area contributed by atoms with Crippen LogP contribution >= 0.6 is 0 Å². The zero-order valence-corrected chi connectivity index (χ0v) is 23.1. The molecule has 0 radical (unpaired) electrons. The van der Waals surface area contributed by atoms with Gasteiger partial charge in [0.15, 0.2) is 17.8 Å². The Morgan fingerprint density at radius 1 is 0.727 bits per heavy atom. The fraction of sp³-hybridized carbons (Fsp3) is 0.464. The van der Waals surface area contributed by atoms with Crippen molar-refractivity contribution in [3.05, 3.63) is 36.4 Å². The molecule has 3 heterocycles. The van der Waals surface area contributed by atoms with Gasteiger partial charge in [-0.3, -0.25) is 0 Å². The van der Waals surface area contributed by atoms with E-state index in [2.05, 4.69) is 0 Å². The van der Waals surface area contributed by atoms with Crippen LogP contribution in [-0.4, -0.2) is 133 Å². The minimum Gasteiger partial charge on any atom is -0.507 e. The van der Waals surface area contributed by atoms with Crippen LogP contribution in [0.4, 0.5) is 0 Å². The molecule has 6 unspecified atom stereocenters. The first-order chi connectivity index (χ1) is 20.9. The third-order valence-electron chi connectivity index (χ3n) is 7.44. The summed E-state index contributed by atoms with van der Waals surface area (Å²) in [7, 11) is 1.33. The topological polar surface area (TPSA) is 260 Å². The van der Waals surface area contributed by atoms with Gasteiger partial charge in [-0.05, 0) is 12.1 Å². The molecule has 5 rings (SSSR count). The van der Waals surface area contributed by atoms with Crippen LogP contribution in [0.5, 0.6) is 28.7 Å². The summed E-state index contributed by atoms with van der Waals surface area (Å²) in [5.41, 5.74) is 0.316. The van der Waals surface area contributed by atoms with Crippen LogP contribution < -0.4 is 9.47 Å². The lowest BCUT2D eigenvalue weighted by Gasteiger charge is -2.42. The van der Waals surface area contributed by atoms with Crippen LogP contribution in [0.15, 0.2) is 40.8 Å². The molecular weight excluding hydrogens is 592 g/mol. The highest BCUT2D eigenvalue weighted by Crippen LogP contribution is 2.42. The molecule has 16 nitrogen and oxygen atoms in total. The molecule has 10 atom stereocenters. The number of fused-ring (bicyclic) bond motifs is 1. The Morgan fingerprint density at radius 2 is 1.39 bits per heavy atom. The number of ether oxygens (including phenoxy) is 5. The molecule has 16 heteroatoms. The zero-order chi connectivity index (χ0) is 31.9. The van der Waals surface area contributed by atoms with Gasteiger partial charge >= 0.3 is 11.3 Å². The minimum atomic E-state index is -1.84. The zero-order valence-electron chi connectivity index (χ0n) is 23.1. The summed E-state index contributed by atoms with van der Waals surface area (Å²) in [5.74, 6) is -0.971. The van der Waals surface area contributed by atoms with Crippen molar-refractivity contribution in [2.24, 2.45) is 0 Å². The molecule has 3 aromatic rings. The molecule has 44 heavy (non-hydrogen) atoms. The highest BCUT2D eigenvalue weighted by molar-refractivity contribution is 5.88. The van der Waals surface area contributed by atoms with Gasteiger partial charge in [0.1, 0.15) is 65.7 Å². The average molecular weight is 626 g/mol. The molecule has 0 aliphatic carbocycles. The highest BCUT2D eigenvalue weighted by Gasteiger charge is 2.48. The van der Waals surface area contributed by atoms with Crippen LogP contribution in [0.3, 0.4) is 0 Å². The number of rotatable bonds is 8. The predicted molar refractivity (Wildman–Crippen MR) is 145 cm³/mol. The number of aromatic hydroxyl groups is 3. The Bertz CT molecular complexity index is 1470. The number of hydrogen-bond acceptors (Lipinski definition) is 15. The maximum Gasteiger partial charge on any atom is 0.402 e. The van der Waals surface area contributed by atoms with Gasteiger partial charge in [0.25, 0.3) is 0 Å². The van der Waals surface area contributed by atoms with Gasteiger partial charge in [0, 0.05) is 18.2 Å². The summed E-state index contributed by atoms with van der Waals surface area (Å²) in [5, 5.41) is 102. The number of methoxy groups -OCH3 is 1. The number of phenols is 3. The number of benzene rings is 2. The van der Waals surface area contributed by atoms with Gasteiger partial charge in [-0.1, -0.05) is 0 Å². The molecule has 0 saturated carbocycles. The van der Waals surface area contributed by atoms with Gasteiger partial charge in [-0.2, -0.15) is 0 Å². The van der Waals surface area contributed by atoms with E-state index in [1.807, 2.05) is 0 Å². The summed E-state index contributed by atoms with van der Waals surface area (Å²) < 4.78 is 33.5. The first kappa shape index (κ1) is 31.9. The Kier molecular flexibility index (Phi) is 9.28. The summed E-state index contributed by atoms with van der Waals surface area (Å²) in [6.07, 6.45) is -16.4. The van der Waals surface area contributed by atoms with E-state index >= 15 is 0 Å². The van der Waals surface area contributed by atoms with Gasteiger partial charge in [-0.15, -0.1) is 0 Å². The third kappa shape index (κ3) is 6.04. The van der Waals surface area contributed by atoms with Crippen LogP contribution in [0.1, 0.15) is 0 Å². The third-order valence-corrected chi connectivity index (χ3v) is 7.44. The SMILES string of the molecule is COc1cc(-c2[o+]c3cc(O)cc(O)c3cc2O[C@@H]2OC(CO[C@@H]3OC(CO)[C@@H](O)C(O)C3O)[C@@H](O)C(O)C2O)ccc1O. The summed E-state index contributed by atoms with van der Waals surface area (Å²) in [6, 6.07) is 7.78. The Morgan fingerprint density at radius 3 is 2.07 bits per heavy atom. The van der Waals surface area contributed by atoms with E-state index < -0.39 is 74.6 Å². The van der Waals surface area contributed by atoms with Crippen molar-refractivity contribution in [1.82, 2.24) is 0 Å². The Labute approximate surface area is 248 Å². The fourth-order valence-electron chi connectivity index (χ4n) is 4.96. The molecule has 2 aromatic carbocycles. The Balaban J connectivity index is 1.44. The van der Waals surface area contributed by atoms with E-state index in [0.717, 1.165) is 6.07 Å². The highest BCUT2D eigenvalue weighted by atomic mass is 16.7. The lowest BCUT2D eigenvalue weighted by molar-refractivity contribution is -0.323. The number of hydrogen-bond donors (Lipinski definition) is 10. The van der Waals surface area contributed by atoms with Crippen LogP contribution in [0.2, 0.25) is 0 Å². The molecule has 2 fully saturated rings. The van der Waals surface area contributed by atoms with Gasteiger partial charge in [0.2, 0.25) is 12.0 Å². The smallest absolute Gasteiger partial charge is 0.402 e. The van der Waals surface area contributed by atoms with E-state index in [1.165, 1.54) is 37.4 Å². The monoisotopic (exact) mass is 625 g/mol. The first-order valence-electron chi connectivity index (χ1n) is 13.4. The molecule has 2 saturated heterocycles. The van der Waals surface area contributed by atoms with E-state index in [9.17, 15) is 51.1 Å². The molecule has 2 aliphatic rings. The van der Waals surface area contributed by atoms with Gasteiger partial charge < -0.3 is 74.7 Å². The summed E-state index contributed by atoms with van der Waals surface area (Å²) >= 11 is 0. The molecule has 0 amide bonds. The predicted octanol–water partition coefficient (Wildman–Crippen LogP) is -1.49. The van der Waals surface area contributed by atoms with Crippen molar-refractivity contribution in [3.63, 3.8) is 0 Å². The summed E-state index contributed by atoms with van der Waals surface area (Å²) in [4.78, 5) is 0. The molecule has 1 aromatic heterocycles. The van der Waals surface area contributed by atoms with Crippen molar-refractivity contribution in [1.29, 1.82) is 0 Å². The van der Waals surface area contributed by atoms with Crippen LogP contribution in [-0.2, 0) is 14.2 Å². The van der Waals surface area contributed by atoms with Crippen molar-refractivity contribution in [2.75, 3.05) is 20.3 Å². The second kappa shape index (κ2) is 12.8. The molecule has 2 aliphatic heterocycles. The van der Waals surface area contributed by atoms with E-state index in [-0.39, 0.29) is 51.0 Å². The summed E-state index contributed by atoms with van der Waals surface area (Å²) in [6.45, 7) is -1.28. The fourth-order valence-corrected chi connectivity index (χ4v) is 4.96. The second-order valence-corrected chi connectivity index (χ2v) is 10.4. The minimum absolute atomic E-state index is 0.0308. The first-order valence-corrected chi connectivity index (χ1v) is 13.4. The van der Waals surface area contributed by atoms with E-state index in [4.69, 9.17) is 28.1 Å². The lowest BCUT2D eigenvalue weighted by atomic mass is 9.98. The molecule has 240 valence electrons. The maximum atomic E-state index is 10.7.